The number of thiophene rings is 1. The Morgan fingerprint density at radius 3 is 2.95 bits per heavy atom. The minimum atomic E-state index is -4.35. The number of nitrogens with zero attached hydrogens (tertiary/aromatic N) is 3. The van der Waals surface area contributed by atoms with Crippen LogP contribution in [0.1, 0.15) is 4.88 Å². The summed E-state index contributed by atoms with van der Waals surface area (Å²) in [5.41, 5.74) is 0. The Kier molecular flexibility index (Phi) is 3.29. The van der Waals surface area contributed by atoms with Crippen molar-refractivity contribution in [1.82, 2.24) is 9.97 Å². The van der Waals surface area contributed by atoms with Gasteiger partial charge in [-0.3, -0.25) is 0 Å². The summed E-state index contributed by atoms with van der Waals surface area (Å²) in [6.45, 7) is 2.14. The smallest absolute Gasteiger partial charge is 0.365 e. The number of aryl methyl sites for hydroxylation is 1. The van der Waals surface area contributed by atoms with Crippen LogP contribution in [0.2, 0.25) is 0 Å². The van der Waals surface area contributed by atoms with E-state index in [-0.39, 0.29) is 13.2 Å². The molecule has 108 valence electrons. The average Bonchev–Trinajstić information content (AvgIpc) is 2.77. The number of rotatable bonds is 1. The number of hydrogen-bond donors (Lipinski definition) is 0. The number of hydrogen-bond acceptors (Lipinski definition) is 5. The van der Waals surface area contributed by atoms with Crippen LogP contribution in [-0.2, 0) is 4.74 Å². The van der Waals surface area contributed by atoms with Gasteiger partial charge in [-0.05, 0) is 13.0 Å². The standard InChI is InChI=1S/C12H12F3N3OS/c1-7-4-8-10(16-6-17-11(8)20-7)18-2-3-19-9(5-18)12(13,14)15/h4,6,9H,2-3,5H2,1H3/t9-/m0/s1. The zero-order valence-corrected chi connectivity index (χ0v) is 11.5. The van der Waals surface area contributed by atoms with E-state index in [0.717, 1.165) is 15.1 Å². The van der Waals surface area contributed by atoms with Gasteiger partial charge < -0.3 is 9.64 Å². The Bertz CT molecular complexity index is 628. The van der Waals surface area contributed by atoms with Gasteiger partial charge in [0.05, 0.1) is 18.5 Å². The quantitative estimate of drug-likeness (QED) is 0.812. The van der Waals surface area contributed by atoms with Gasteiger partial charge in [0.2, 0.25) is 0 Å². The van der Waals surface area contributed by atoms with E-state index < -0.39 is 12.3 Å². The Morgan fingerprint density at radius 2 is 2.20 bits per heavy atom. The molecule has 1 aliphatic heterocycles. The molecule has 2 aromatic rings. The maximum atomic E-state index is 12.8. The van der Waals surface area contributed by atoms with Crippen LogP contribution in [0.25, 0.3) is 10.2 Å². The third-order valence-corrected chi connectivity index (χ3v) is 4.12. The number of fused-ring (bicyclic) bond motifs is 1. The molecule has 0 spiro atoms. The van der Waals surface area contributed by atoms with Gasteiger partial charge in [0, 0.05) is 11.4 Å². The fourth-order valence-corrected chi connectivity index (χ4v) is 3.10. The second kappa shape index (κ2) is 4.85. The third kappa shape index (κ3) is 2.45. The lowest BCUT2D eigenvalue weighted by molar-refractivity contribution is -0.221. The summed E-state index contributed by atoms with van der Waals surface area (Å²) < 4.78 is 43.1. The minimum absolute atomic E-state index is 0.0405. The lowest BCUT2D eigenvalue weighted by Crippen LogP contribution is -2.49. The van der Waals surface area contributed by atoms with E-state index in [1.165, 1.54) is 17.7 Å². The molecule has 0 bridgehead atoms. The van der Waals surface area contributed by atoms with Crippen LogP contribution in [0.5, 0.6) is 0 Å². The van der Waals surface area contributed by atoms with Crippen LogP contribution in [0, 0.1) is 6.92 Å². The first-order valence-electron chi connectivity index (χ1n) is 6.09. The number of aromatic nitrogens is 2. The lowest BCUT2D eigenvalue weighted by atomic mass is 10.2. The fraction of sp³-hybridized carbons (Fsp3) is 0.500. The van der Waals surface area contributed by atoms with E-state index in [2.05, 4.69) is 9.97 Å². The summed E-state index contributed by atoms with van der Waals surface area (Å²) in [5.74, 6) is 0.553. The van der Waals surface area contributed by atoms with Crippen molar-refractivity contribution in [2.24, 2.45) is 0 Å². The molecule has 0 N–H and O–H groups in total. The van der Waals surface area contributed by atoms with Crippen molar-refractivity contribution in [2.75, 3.05) is 24.6 Å². The normalized spacial score (nSPS) is 20.6. The Hall–Kier alpha value is -1.41. The second-order valence-corrected chi connectivity index (χ2v) is 5.85. The van der Waals surface area contributed by atoms with Crippen LogP contribution in [0.4, 0.5) is 19.0 Å². The highest BCUT2D eigenvalue weighted by molar-refractivity contribution is 7.18. The van der Waals surface area contributed by atoms with Crippen LogP contribution in [-0.4, -0.2) is 41.9 Å². The van der Waals surface area contributed by atoms with Gasteiger partial charge in [-0.1, -0.05) is 0 Å². The topological polar surface area (TPSA) is 38.2 Å². The number of ether oxygens (including phenoxy) is 1. The van der Waals surface area contributed by atoms with Gasteiger partial charge in [0.15, 0.2) is 6.10 Å². The van der Waals surface area contributed by atoms with Crippen molar-refractivity contribution < 1.29 is 17.9 Å². The first-order chi connectivity index (χ1) is 9.45. The summed E-state index contributed by atoms with van der Waals surface area (Å²) in [7, 11) is 0. The van der Waals surface area contributed by atoms with E-state index >= 15 is 0 Å². The molecule has 8 heteroatoms. The predicted octanol–water partition coefficient (Wildman–Crippen LogP) is 2.77. The van der Waals surface area contributed by atoms with Gasteiger partial charge >= 0.3 is 6.18 Å². The van der Waals surface area contributed by atoms with Crippen molar-refractivity contribution in [3.05, 3.63) is 17.3 Å². The molecule has 20 heavy (non-hydrogen) atoms. The van der Waals surface area contributed by atoms with Gasteiger partial charge in [-0.15, -0.1) is 11.3 Å². The highest BCUT2D eigenvalue weighted by Crippen LogP contribution is 2.32. The zero-order chi connectivity index (χ0) is 14.3. The van der Waals surface area contributed by atoms with E-state index in [9.17, 15) is 13.2 Å². The van der Waals surface area contributed by atoms with E-state index in [1.54, 1.807) is 4.90 Å². The Balaban J connectivity index is 1.94. The van der Waals surface area contributed by atoms with E-state index in [0.29, 0.717) is 12.4 Å². The zero-order valence-electron chi connectivity index (χ0n) is 10.6. The molecule has 0 aliphatic carbocycles. The summed E-state index contributed by atoms with van der Waals surface area (Å²) in [6, 6.07) is 1.91. The van der Waals surface area contributed by atoms with Crippen molar-refractivity contribution in [3.63, 3.8) is 0 Å². The van der Waals surface area contributed by atoms with Crippen LogP contribution in [0.15, 0.2) is 12.4 Å². The summed E-state index contributed by atoms with van der Waals surface area (Å²) in [6.07, 6.45) is -4.72. The Morgan fingerprint density at radius 1 is 1.40 bits per heavy atom. The summed E-state index contributed by atoms with van der Waals surface area (Å²) >= 11 is 1.51. The van der Waals surface area contributed by atoms with Crippen LogP contribution < -0.4 is 4.90 Å². The first-order valence-corrected chi connectivity index (χ1v) is 6.91. The molecule has 2 aromatic heterocycles. The lowest BCUT2D eigenvalue weighted by Gasteiger charge is -2.34. The minimum Gasteiger partial charge on any atom is -0.365 e. The van der Waals surface area contributed by atoms with Crippen molar-refractivity contribution in [2.45, 2.75) is 19.2 Å². The predicted molar refractivity (Wildman–Crippen MR) is 70.2 cm³/mol. The molecule has 0 amide bonds. The molecule has 1 aliphatic rings. The monoisotopic (exact) mass is 303 g/mol. The molecule has 0 saturated carbocycles. The highest BCUT2D eigenvalue weighted by Gasteiger charge is 2.43. The maximum Gasteiger partial charge on any atom is 0.416 e. The molecule has 0 unspecified atom stereocenters. The largest absolute Gasteiger partial charge is 0.416 e. The van der Waals surface area contributed by atoms with Gasteiger partial charge in [0.1, 0.15) is 17.0 Å². The SMILES string of the molecule is Cc1cc2c(N3CCO[C@H](C(F)(F)F)C3)ncnc2s1. The van der Waals surface area contributed by atoms with Gasteiger partial charge in [0.25, 0.3) is 0 Å². The molecule has 0 aromatic carbocycles. The number of anilines is 1. The van der Waals surface area contributed by atoms with Gasteiger partial charge in [-0.25, -0.2) is 9.97 Å². The highest BCUT2D eigenvalue weighted by atomic mass is 32.1. The Labute approximate surface area is 117 Å². The van der Waals surface area contributed by atoms with Crippen LogP contribution >= 0.6 is 11.3 Å². The maximum absolute atomic E-state index is 12.8. The molecule has 1 fully saturated rings. The number of morpholine rings is 1. The van der Waals surface area contributed by atoms with E-state index in [1.807, 2.05) is 13.0 Å². The number of alkyl halides is 3. The summed E-state index contributed by atoms with van der Waals surface area (Å²) in [5, 5.41) is 0.804. The molecular formula is C12H12F3N3OS. The second-order valence-electron chi connectivity index (χ2n) is 4.62. The fourth-order valence-electron chi connectivity index (χ4n) is 2.26. The van der Waals surface area contributed by atoms with Crippen molar-refractivity contribution >= 4 is 27.4 Å². The first kappa shape index (κ1) is 13.6. The van der Waals surface area contributed by atoms with Crippen molar-refractivity contribution in [1.29, 1.82) is 0 Å². The third-order valence-electron chi connectivity index (χ3n) is 3.16. The van der Waals surface area contributed by atoms with Gasteiger partial charge in [-0.2, -0.15) is 13.2 Å². The summed E-state index contributed by atoms with van der Waals surface area (Å²) in [4.78, 5) is 11.8. The number of halogens is 3. The van der Waals surface area contributed by atoms with Crippen LogP contribution in [0.3, 0.4) is 0 Å². The van der Waals surface area contributed by atoms with E-state index in [4.69, 9.17) is 4.74 Å². The molecule has 3 heterocycles. The molecule has 0 radical (unpaired) electrons. The molecule has 1 saturated heterocycles. The molecule has 1 atom stereocenters. The van der Waals surface area contributed by atoms with Crippen molar-refractivity contribution in [3.8, 4) is 0 Å². The molecule has 3 rings (SSSR count). The molecule has 4 nitrogen and oxygen atoms in total. The average molecular weight is 303 g/mol. The molecular weight excluding hydrogens is 291 g/mol.